The first-order chi connectivity index (χ1) is 12.5. The molecule has 26 heavy (non-hydrogen) atoms. The van der Waals surface area contributed by atoms with Gasteiger partial charge in [-0.3, -0.25) is 4.79 Å². The average molecular weight is 353 g/mol. The van der Waals surface area contributed by atoms with Gasteiger partial charge in [-0.25, -0.2) is 4.79 Å². The fourth-order valence-electron chi connectivity index (χ4n) is 2.12. The van der Waals surface area contributed by atoms with Crippen molar-refractivity contribution in [2.24, 2.45) is 10.2 Å². The molecule has 0 heterocycles. The number of aromatic hydroxyl groups is 1. The third-order valence-electron chi connectivity index (χ3n) is 3.51. The number of amides is 1. The fourth-order valence-corrected chi connectivity index (χ4v) is 2.12. The van der Waals surface area contributed by atoms with Gasteiger partial charge in [0, 0.05) is 18.7 Å². The van der Waals surface area contributed by atoms with Crippen LogP contribution in [0.3, 0.4) is 0 Å². The van der Waals surface area contributed by atoms with Crippen molar-refractivity contribution in [3.63, 3.8) is 0 Å². The molecule has 134 valence electrons. The number of nitrogens with zero attached hydrogens (tertiary/aromatic N) is 2. The highest BCUT2D eigenvalue weighted by atomic mass is 16.4. The highest BCUT2D eigenvalue weighted by Crippen LogP contribution is 2.30. The van der Waals surface area contributed by atoms with E-state index in [-0.39, 0.29) is 5.75 Å². The Morgan fingerprint density at radius 1 is 1.08 bits per heavy atom. The molecule has 0 spiro atoms. The molecule has 2 aromatic rings. The molecule has 0 saturated heterocycles. The molecular formula is C19H19N3O4. The van der Waals surface area contributed by atoms with Crippen molar-refractivity contribution in [1.82, 2.24) is 5.32 Å². The summed E-state index contributed by atoms with van der Waals surface area (Å²) in [6, 6.07) is 12.5. The number of aryl methyl sites for hydroxylation is 1. The van der Waals surface area contributed by atoms with Gasteiger partial charge in [-0.15, -0.1) is 5.11 Å². The first-order valence-corrected chi connectivity index (χ1v) is 7.94. The number of hydrogen-bond donors (Lipinski definition) is 3. The Morgan fingerprint density at radius 3 is 2.54 bits per heavy atom. The molecule has 0 aliphatic heterocycles. The van der Waals surface area contributed by atoms with Gasteiger partial charge in [-0.1, -0.05) is 24.3 Å². The summed E-state index contributed by atoms with van der Waals surface area (Å²) in [6.45, 7) is 2.24. The first-order valence-electron chi connectivity index (χ1n) is 7.94. The predicted molar refractivity (Wildman–Crippen MR) is 97.0 cm³/mol. The highest BCUT2D eigenvalue weighted by Gasteiger charge is 2.04. The number of azo groups is 1. The van der Waals surface area contributed by atoms with E-state index in [1.54, 1.807) is 12.1 Å². The third-order valence-corrected chi connectivity index (χ3v) is 3.51. The summed E-state index contributed by atoms with van der Waals surface area (Å²) < 4.78 is 0. The van der Waals surface area contributed by atoms with E-state index in [1.807, 2.05) is 31.2 Å². The van der Waals surface area contributed by atoms with E-state index in [0.717, 1.165) is 29.0 Å². The summed E-state index contributed by atoms with van der Waals surface area (Å²) in [6.07, 6.45) is 2.24. The third kappa shape index (κ3) is 5.86. The molecule has 0 bridgehead atoms. The van der Waals surface area contributed by atoms with Crippen molar-refractivity contribution < 1.29 is 19.8 Å². The van der Waals surface area contributed by atoms with Gasteiger partial charge in [-0.2, -0.15) is 5.11 Å². The van der Waals surface area contributed by atoms with Gasteiger partial charge in [0.25, 0.3) is 0 Å². The van der Waals surface area contributed by atoms with Crippen LogP contribution < -0.4 is 5.32 Å². The molecule has 0 radical (unpaired) electrons. The second-order valence-electron chi connectivity index (χ2n) is 5.52. The fraction of sp³-hybridized carbons (Fsp3) is 0.158. The molecule has 0 atom stereocenters. The normalized spacial score (nSPS) is 11.1. The number of rotatable bonds is 7. The van der Waals surface area contributed by atoms with Crippen molar-refractivity contribution in [2.75, 3.05) is 6.54 Å². The lowest BCUT2D eigenvalue weighted by atomic mass is 10.1. The summed E-state index contributed by atoms with van der Waals surface area (Å²) in [7, 11) is 0. The molecule has 2 rings (SSSR count). The van der Waals surface area contributed by atoms with Crippen molar-refractivity contribution in [1.29, 1.82) is 0 Å². The van der Waals surface area contributed by atoms with Gasteiger partial charge >= 0.3 is 5.97 Å². The van der Waals surface area contributed by atoms with E-state index in [4.69, 9.17) is 5.11 Å². The Hall–Kier alpha value is -3.48. The minimum Gasteiger partial charge on any atom is -0.506 e. The van der Waals surface area contributed by atoms with Crippen LogP contribution in [0, 0.1) is 6.92 Å². The lowest BCUT2D eigenvalue weighted by Crippen LogP contribution is -2.23. The highest BCUT2D eigenvalue weighted by molar-refractivity contribution is 5.93. The van der Waals surface area contributed by atoms with E-state index in [9.17, 15) is 14.7 Å². The lowest BCUT2D eigenvalue weighted by molar-refractivity contribution is -0.131. The first kappa shape index (κ1) is 18.9. The molecular weight excluding hydrogens is 334 g/mol. The lowest BCUT2D eigenvalue weighted by Gasteiger charge is -2.05. The minimum absolute atomic E-state index is 0.0134. The molecule has 0 aliphatic carbocycles. The van der Waals surface area contributed by atoms with Gasteiger partial charge in [0.2, 0.25) is 5.91 Å². The molecule has 1 amide bonds. The smallest absolute Gasteiger partial charge is 0.328 e. The van der Waals surface area contributed by atoms with E-state index in [0.29, 0.717) is 18.7 Å². The van der Waals surface area contributed by atoms with Crippen molar-refractivity contribution in [2.45, 2.75) is 13.3 Å². The number of hydrogen-bond acceptors (Lipinski definition) is 5. The molecule has 2 aromatic carbocycles. The molecule has 7 heteroatoms. The molecule has 0 saturated carbocycles. The zero-order chi connectivity index (χ0) is 18.9. The van der Waals surface area contributed by atoms with Crippen LogP contribution in [-0.4, -0.2) is 28.6 Å². The summed E-state index contributed by atoms with van der Waals surface area (Å²) >= 11 is 0. The Labute approximate surface area is 150 Å². The molecule has 0 aliphatic rings. The van der Waals surface area contributed by atoms with Crippen LogP contribution in [0.25, 0.3) is 0 Å². The van der Waals surface area contributed by atoms with Gasteiger partial charge in [-0.05, 0) is 42.7 Å². The Bertz CT molecular complexity index is 860. The monoisotopic (exact) mass is 353 g/mol. The average Bonchev–Trinajstić information content (AvgIpc) is 2.61. The number of benzene rings is 2. The maximum Gasteiger partial charge on any atom is 0.328 e. The summed E-state index contributed by atoms with van der Waals surface area (Å²) in [5.74, 6) is -1.65. The number of carbonyl (C=O) groups is 2. The SMILES string of the molecule is Cc1ccccc1N=Nc1cc(CCNC(=O)/C=C\C(=O)O)ccc1O. The zero-order valence-corrected chi connectivity index (χ0v) is 14.2. The van der Waals surface area contributed by atoms with Crippen LogP contribution in [0.15, 0.2) is 64.8 Å². The largest absolute Gasteiger partial charge is 0.506 e. The van der Waals surface area contributed by atoms with Crippen LogP contribution in [0.4, 0.5) is 11.4 Å². The van der Waals surface area contributed by atoms with Crippen molar-refractivity contribution >= 4 is 23.3 Å². The summed E-state index contributed by atoms with van der Waals surface area (Å²) in [5.41, 5.74) is 2.88. The van der Waals surface area contributed by atoms with Crippen LogP contribution in [0.5, 0.6) is 5.75 Å². The van der Waals surface area contributed by atoms with Crippen molar-refractivity contribution in [3.8, 4) is 5.75 Å². The number of phenols is 1. The Kier molecular flexibility index (Phi) is 6.61. The van der Waals surface area contributed by atoms with Gasteiger partial charge < -0.3 is 15.5 Å². The number of nitrogens with one attached hydrogen (secondary N) is 1. The van der Waals surface area contributed by atoms with Crippen LogP contribution >= 0.6 is 0 Å². The Balaban J connectivity index is 2.00. The number of carbonyl (C=O) groups excluding carboxylic acids is 1. The number of phenolic OH excluding ortho intramolecular Hbond substituents is 1. The predicted octanol–water partition coefficient (Wildman–Crippen LogP) is 3.42. The quantitative estimate of drug-likeness (QED) is 0.523. The van der Waals surface area contributed by atoms with Gasteiger partial charge in [0.05, 0.1) is 5.69 Å². The Morgan fingerprint density at radius 2 is 1.81 bits per heavy atom. The molecule has 0 aromatic heterocycles. The maximum atomic E-state index is 11.4. The minimum atomic E-state index is -1.18. The summed E-state index contributed by atoms with van der Waals surface area (Å²) in [5, 5.41) is 29.2. The number of aliphatic carboxylic acids is 1. The van der Waals surface area contributed by atoms with E-state index in [1.165, 1.54) is 6.07 Å². The molecule has 0 unspecified atom stereocenters. The zero-order valence-electron chi connectivity index (χ0n) is 14.2. The van der Waals surface area contributed by atoms with E-state index in [2.05, 4.69) is 15.5 Å². The molecule has 7 nitrogen and oxygen atoms in total. The van der Waals surface area contributed by atoms with E-state index < -0.39 is 11.9 Å². The maximum absolute atomic E-state index is 11.4. The summed E-state index contributed by atoms with van der Waals surface area (Å²) in [4.78, 5) is 21.8. The number of carboxylic acids is 1. The topological polar surface area (TPSA) is 111 Å². The van der Waals surface area contributed by atoms with Crippen LogP contribution in [-0.2, 0) is 16.0 Å². The van der Waals surface area contributed by atoms with Gasteiger partial charge in [0.15, 0.2) is 0 Å². The second-order valence-corrected chi connectivity index (χ2v) is 5.52. The molecule has 0 fully saturated rings. The second kappa shape index (κ2) is 9.12. The van der Waals surface area contributed by atoms with Crippen LogP contribution in [0.2, 0.25) is 0 Å². The van der Waals surface area contributed by atoms with Gasteiger partial charge in [0.1, 0.15) is 11.4 Å². The van der Waals surface area contributed by atoms with E-state index >= 15 is 0 Å². The van der Waals surface area contributed by atoms with Crippen molar-refractivity contribution in [3.05, 3.63) is 65.7 Å². The standard InChI is InChI=1S/C19H19N3O4/c1-13-4-2-3-5-15(13)21-22-16-12-14(6-7-17(16)23)10-11-20-18(24)8-9-19(25)26/h2-9,12,23H,10-11H2,1H3,(H,20,24)(H,25,26)/b9-8-,22-21?. The number of carboxylic acid groups (broad SMARTS) is 1. The molecule has 3 N–H and O–H groups in total. The van der Waals surface area contributed by atoms with Crippen LogP contribution in [0.1, 0.15) is 11.1 Å².